The molecule has 0 aliphatic heterocycles. The lowest BCUT2D eigenvalue weighted by Gasteiger charge is -1.98. The summed E-state index contributed by atoms with van der Waals surface area (Å²) in [5.41, 5.74) is 0. The van der Waals surface area contributed by atoms with Gasteiger partial charge in [0, 0.05) is 0 Å². The third-order valence-corrected chi connectivity index (χ3v) is 3.46. The Labute approximate surface area is 89.1 Å². The zero-order valence-electron chi connectivity index (χ0n) is 7.69. The van der Waals surface area contributed by atoms with Crippen molar-refractivity contribution in [3.8, 4) is 0 Å². The zero-order chi connectivity index (χ0) is 10.7. The van der Waals surface area contributed by atoms with Gasteiger partial charge in [0.2, 0.25) is 9.84 Å². The summed E-state index contributed by atoms with van der Waals surface area (Å²) in [5, 5.41) is 0. The Morgan fingerprint density at radius 2 is 1.33 bits per heavy atom. The van der Waals surface area contributed by atoms with Crippen LogP contribution in [0.3, 0.4) is 0 Å². The molecule has 0 saturated carbocycles. The minimum absolute atomic E-state index is 0.0980. The van der Waals surface area contributed by atoms with Crippen LogP contribution in [0.5, 0.6) is 0 Å². The third kappa shape index (κ3) is 1.79. The van der Waals surface area contributed by atoms with Crippen molar-refractivity contribution in [1.29, 1.82) is 0 Å². The molecule has 0 bridgehead atoms. The van der Waals surface area contributed by atoms with Crippen molar-refractivity contribution in [2.24, 2.45) is 0 Å². The topological polar surface area (TPSA) is 34.1 Å². The minimum atomic E-state index is -3.51. The van der Waals surface area contributed by atoms with Gasteiger partial charge in [-0.05, 0) is 36.4 Å². The SMILES string of the molecule is O=S(=O)(c1c#cccc1)c1c#cccc1. The van der Waals surface area contributed by atoms with Crippen molar-refractivity contribution in [3.05, 3.63) is 60.7 Å². The van der Waals surface area contributed by atoms with Crippen LogP contribution in [0.2, 0.25) is 0 Å². The first-order chi connectivity index (χ1) is 7.21. The Bertz CT molecular complexity index is 485. The molecule has 2 aromatic carbocycles. The quantitative estimate of drug-likeness (QED) is 0.762. The second-order valence-corrected chi connectivity index (χ2v) is 4.71. The average molecular weight is 214 g/mol. The molecular formula is C12H6O2S. The Hall–Kier alpha value is -1.97. The van der Waals surface area contributed by atoms with Crippen LogP contribution in [0.4, 0.5) is 0 Å². The van der Waals surface area contributed by atoms with E-state index in [1.165, 1.54) is 12.1 Å². The molecule has 0 N–H and O–H groups in total. The lowest BCUT2D eigenvalue weighted by molar-refractivity contribution is 0.596. The molecular weight excluding hydrogens is 208 g/mol. The highest BCUT2D eigenvalue weighted by atomic mass is 32.2. The Balaban J connectivity index is 2.55. The zero-order valence-corrected chi connectivity index (χ0v) is 8.51. The van der Waals surface area contributed by atoms with E-state index in [4.69, 9.17) is 0 Å². The standard InChI is InChI=1S/C12H6O2S/c13-15(14,11-7-3-1-4-8-11)12-9-5-2-6-10-12/h1-3,5,7,9H. The molecule has 3 heteroatoms. The molecule has 2 aromatic rings. The largest absolute Gasteiger partial charge is 0.222 e. The molecule has 0 heterocycles. The van der Waals surface area contributed by atoms with E-state index in [0.717, 1.165) is 0 Å². The summed E-state index contributed by atoms with van der Waals surface area (Å²) in [4.78, 5) is 0.196. The van der Waals surface area contributed by atoms with Crippen LogP contribution in [-0.2, 0) is 9.84 Å². The first-order valence-corrected chi connectivity index (χ1v) is 5.71. The monoisotopic (exact) mass is 214 g/mol. The van der Waals surface area contributed by atoms with Gasteiger partial charge in [0.15, 0.2) is 0 Å². The number of hydrogen-bond donors (Lipinski definition) is 0. The van der Waals surface area contributed by atoms with Crippen LogP contribution in [0, 0.1) is 24.3 Å². The molecule has 0 radical (unpaired) electrons. The van der Waals surface area contributed by atoms with Gasteiger partial charge in [-0.25, -0.2) is 8.42 Å². The van der Waals surface area contributed by atoms with Gasteiger partial charge in [0.1, 0.15) is 9.79 Å². The summed E-state index contributed by atoms with van der Waals surface area (Å²) in [6.07, 6.45) is 0. The van der Waals surface area contributed by atoms with Crippen LogP contribution in [0.1, 0.15) is 0 Å². The van der Waals surface area contributed by atoms with Gasteiger partial charge in [-0.15, -0.1) is 0 Å². The van der Waals surface area contributed by atoms with Crippen molar-refractivity contribution in [2.45, 2.75) is 9.79 Å². The smallest absolute Gasteiger partial charge is 0.217 e. The summed E-state index contributed by atoms with van der Waals surface area (Å²) in [7, 11) is -3.51. The van der Waals surface area contributed by atoms with E-state index in [-0.39, 0.29) is 9.79 Å². The highest BCUT2D eigenvalue weighted by Gasteiger charge is 2.16. The van der Waals surface area contributed by atoms with Crippen molar-refractivity contribution < 1.29 is 8.42 Å². The van der Waals surface area contributed by atoms with Crippen LogP contribution in [-0.4, -0.2) is 8.42 Å². The summed E-state index contributed by atoms with van der Waals surface area (Å²) >= 11 is 0. The van der Waals surface area contributed by atoms with E-state index in [9.17, 15) is 8.42 Å². The molecule has 0 aliphatic carbocycles. The third-order valence-electron chi connectivity index (χ3n) is 1.82. The predicted molar refractivity (Wildman–Crippen MR) is 53.7 cm³/mol. The molecule has 0 aliphatic rings. The maximum absolute atomic E-state index is 11.9. The van der Waals surface area contributed by atoms with E-state index in [1.54, 1.807) is 24.3 Å². The van der Waals surface area contributed by atoms with Gasteiger partial charge in [-0.2, -0.15) is 0 Å². The lowest BCUT2D eigenvalue weighted by atomic mass is 10.4. The van der Waals surface area contributed by atoms with Crippen LogP contribution < -0.4 is 0 Å². The van der Waals surface area contributed by atoms with Gasteiger partial charge in [-0.3, -0.25) is 0 Å². The normalized spacial score (nSPS) is 10.1. The van der Waals surface area contributed by atoms with Crippen molar-refractivity contribution >= 4 is 9.84 Å². The highest BCUT2D eigenvalue weighted by Crippen LogP contribution is 2.15. The minimum Gasteiger partial charge on any atom is -0.217 e. The average Bonchev–Trinajstić information content (AvgIpc) is 2.31. The summed E-state index contributed by atoms with van der Waals surface area (Å²) in [5.74, 6) is 0. The molecule has 0 fully saturated rings. The fourth-order valence-corrected chi connectivity index (χ4v) is 2.25. The maximum Gasteiger partial charge on any atom is 0.222 e. The maximum atomic E-state index is 11.9. The van der Waals surface area contributed by atoms with Gasteiger partial charge in [0.05, 0.1) is 0 Å². The molecule has 0 saturated heterocycles. The van der Waals surface area contributed by atoms with Crippen molar-refractivity contribution in [3.63, 3.8) is 0 Å². The fourth-order valence-electron chi connectivity index (χ4n) is 1.11. The van der Waals surface area contributed by atoms with Crippen LogP contribution >= 0.6 is 0 Å². The molecule has 0 spiro atoms. The Morgan fingerprint density at radius 3 is 1.67 bits per heavy atom. The van der Waals surface area contributed by atoms with Crippen molar-refractivity contribution in [2.75, 3.05) is 0 Å². The molecule has 0 aromatic heterocycles. The van der Waals surface area contributed by atoms with E-state index in [2.05, 4.69) is 24.3 Å². The molecule has 15 heavy (non-hydrogen) atoms. The van der Waals surface area contributed by atoms with E-state index >= 15 is 0 Å². The molecule has 72 valence electrons. The first kappa shape index (κ1) is 9.58. The van der Waals surface area contributed by atoms with Gasteiger partial charge in [-0.1, -0.05) is 24.3 Å². The van der Waals surface area contributed by atoms with Gasteiger partial charge < -0.3 is 0 Å². The molecule has 2 nitrogen and oxygen atoms in total. The second kappa shape index (κ2) is 3.65. The number of sulfone groups is 1. The molecule has 0 unspecified atom stereocenters. The van der Waals surface area contributed by atoms with E-state index < -0.39 is 9.84 Å². The van der Waals surface area contributed by atoms with E-state index in [0.29, 0.717) is 0 Å². The second-order valence-electron chi connectivity index (χ2n) is 2.82. The van der Waals surface area contributed by atoms with Crippen LogP contribution in [0.25, 0.3) is 0 Å². The Morgan fingerprint density at radius 1 is 0.867 bits per heavy atom. The summed E-state index contributed by atoms with van der Waals surface area (Å²) < 4.78 is 23.9. The summed E-state index contributed by atoms with van der Waals surface area (Å²) in [6.45, 7) is 0. The Kier molecular flexibility index (Phi) is 2.33. The molecule has 2 rings (SSSR count). The lowest BCUT2D eigenvalue weighted by Crippen LogP contribution is -1.99. The van der Waals surface area contributed by atoms with Gasteiger partial charge >= 0.3 is 0 Å². The highest BCUT2D eigenvalue weighted by molar-refractivity contribution is 7.91. The first-order valence-electron chi connectivity index (χ1n) is 4.23. The fraction of sp³-hybridized carbons (Fsp3) is 0. The number of rotatable bonds is 2. The number of hydrogen-bond acceptors (Lipinski definition) is 2. The molecule has 0 amide bonds. The summed E-state index contributed by atoms with van der Waals surface area (Å²) in [6, 6.07) is 19.7. The predicted octanol–water partition coefficient (Wildman–Crippen LogP) is 1.72. The van der Waals surface area contributed by atoms with Crippen molar-refractivity contribution in [1.82, 2.24) is 0 Å². The molecule has 0 atom stereocenters. The van der Waals surface area contributed by atoms with E-state index in [1.807, 2.05) is 0 Å². The van der Waals surface area contributed by atoms with Gasteiger partial charge in [0.25, 0.3) is 0 Å². The van der Waals surface area contributed by atoms with Crippen LogP contribution in [0.15, 0.2) is 46.2 Å².